The minimum Gasteiger partial charge on any atom is -0.265 e. The van der Waals surface area contributed by atoms with Crippen LogP contribution in [0, 0.1) is 11.6 Å². The number of hydrogen-bond acceptors (Lipinski definition) is 1. The van der Waals surface area contributed by atoms with E-state index in [9.17, 15) is 8.78 Å². The third kappa shape index (κ3) is 3.43. The highest BCUT2D eigenvalue weighted by Gasteiger charge is 2.19. The van der Waals surface area contributed by atoms with Gasteiger partial charge in [0.25, 0.3) is 0 Å². The first kappa shape index (κ1) is 16.0. The minimum atomic E-state index is -0.572. The third-order valence-electron chi connectivity index (χ3n) is 3.50. The molecular weight excluding hydrogens is 294 g/mol. The topological polar surface area (TPSA) is 17.8 Å². The van der Waals surface area contributed by atoms with Gasteiger partial charge in [-0.2, -0.15) is 5.10 Å². The molecule has 0 aliphatic heterocycles. The SMILES string of the molecule is CCc1nn(Cc2cc(F)cc(F)c2)c(CC)c1C(C)Cl. The van der Waals surface area contributed by atoms with Crippen LogP contribution in [0.4, 0.5) is 8.78 Å². The van der Waals surface area contributed by atoms with Gasteiger partial charge >= 0.3 is 0 Å². The molecule has 21 heavy (non-hydrogen) atoms. The Morgan fingerprint density at radius 3 is 2.24 bits per heavy atom. The molecule has 0 saturated carbocycles. The van der Waals surface area contributed by atoms with Crippen LogP contribution in [0.25, 0.3) is 0 Å². The van der Waals surface area contributed by atoms with Crippen LogP contribution in [0.5, 0.6) is 0 Å². The first-order valence-electron chi connectivity index (χ1n) is 7.13. The molecule has 2 nitrogen and oxygen atoms in total. The zero-order valence-electron chi connectivity index (χ0n) is 12.5. The van der Waals surface area contributed by atoms with Crippen molar-refractivity contribution in [2.75, 3.05) is 0 Å². The van der Waals surface area contributed by atoms with Gasteiger partial charge in [0.05, 0.1) is 17.6 Å². The van der Waals surface area contributed by atoms with Gasteiger partial charge in [0, 0.05) is 17.3 Å². The fourth-order valence-corrected chi connectivity index (χ4v) is 2.92. The summed E-state index contributed by atoms with van der Waals surface area (Å²) in [6.07, 6.45) is 1.56. The van der Waals surface area contributed by atoms with Gasteiger partial charge in [0.2, 0.25) is 0 Å². The number of benzene rings is 1. The number of hydrogen-bond donors (Lipinski definition) is 0. The van der Waals surface area contributed by atoms with Gasteiger partial charge in [-0.15, -0.1) is 11.6 Å². The molecule has 1 unspecified atom stereocenters. The first-order chi connectivity index (χ1) is 9.96. The van der Waals surface area contributed by atoms with Crippen LogP contribution < -0.4 is 0 Å². The molecule has 0 N–H and O–H groups in total. The summed E-state index contributed by atoms with van der Waals surface area (Å²) in [5.74, 6) is -1.14. The lowest BCUT2D eigenvalue weighted by atomic mass is 10.1. The van der Waals surface area contributed by atoms with E-state index < -0.39 is 11.6 Å². The van der Waals surface area contributed by atoms with E-state index in [1.807, 2.05) is 20.8 Å². The van der Waals surface area contributed by atoms with Crippen molar-refractivity contribution in [1.29, 1.82) is 0 Å². The van der Waals surface area contributed by atoms with E-state index in [0.29, 0.717) is 12.1 Å². The van der Waals surface area contributed by atoms with Crippen molar-refractivity contribution in [3.05, 3.63) is 52.3 Å². The monoisotopic (exact) mass is 312 g/mol. The number of aryl methyl sites for hydroxylation is 1. The second-order valence-corrected chi connectivity index (χ2v) is 5.72. The smallest absolute Gasteiger partial charge is 0.126 e. The van der Waals surface area contributed by atoms with Gasteiger partial charge in [0.1, 0.15) is 11.6 Å². The lowest BCUT2D eigenvalue weighted by molar-refractivity contribution is 0.571. The molecular formula is C16H19ClF2N2. The van der Waals surface area contributed by atoms with Crippen molar-refractivity contribution in [3.63, 3.8) is 0 Å². The molecule has 5 heteroatoms. The van der Waals surface area contributed by atoms with Crippen LogP contribution >= 0.6 is 11.6 Å². The molecule has 0 saturated heterocycles. The molecule has 0 spiro atoms. The maximum Gasteiger partial charge on any atom is 0.126 e. The molecule has 0 aliphatic carbocycles. The lowest BCUT2D eigenvalue weighted by Gasteiger charge is -2.09. The standard InChI is InChI=1S/C16H19ClF2N2/c1-4-14-16(10(3)17)15(5-2)21(20-14)9-11-6-12(18)8-13(19)7-11/h6-8,10H,4-5,9H2,1-3H3. The summed E-state index contributed by atoms with van der Waals surface area (Å²) in [7, 11) is 0. The summed E-state index contributed by atoms with van der Waals surface area (Å²) in [6.45, 7) is 6.32. The number of rotatable bonds is 5. The zero-order chi connectivity index (χ0) is 15.6. The molecule has 1 atom stereocenters. The molecule has 1 heterocycles. The van der Waals surface area contributed by atoms with Gasteiger partial charge in [-0.05, 0) is 37.5 Å². The Labute approximate surface area is 128 Å². The average molecular weight is 313 g/mol. The summed E-state index contributed by atoms with van der Waals surface area (Å²) in [5.41, 5.74) is 3.57. The summed E-state index contributed by atoms with van der Waals surface area (Å²) in [4.78, 5) is 0. The van der Waals surface area contributed by atoms with Crippen molar-refractivity contribution in [3.8, 4) is 0 Å². The van der Waals surface area contributed by atoms with Crippen LogP contribution in [-0.4, -0.2) is 9.78 Å². The molecule has 0 radical (unpaired) electrons. The number of alkyl halides is 1. The van der Waals surface area contributed by atoms with E-state index in [4.69, 9.17) is 11.6 Å². The van der Waals surface area contributed by atoms with Crippen LogP contribution in [0.1, 0.15) is 48.7 Å². The van der Waals surface area contributed by atoms with Gasteiger partial charge in [0.15, 0.2) is 0 Å². The fourth-order valence-electron chi connectivity index (χ4n) is 2.66. The molecule has 2 rings (SSSR count). The zero-order valence-corrected chi connectivity index (χ0v) is 13.2. The molecule has 0 aliphatic rings. The van der Waals surface area contributed by atoms with E-state index >= 15 is 0 Å². The fraction of sp³-hybridized carbons (Fsp3) is 0.438. The Hall–Kier alpha value is -1.42. The Bertz CT molecular complexity index is 615. The number of halogens is 3. The predicted molar refractivity (Wildman–Crippen MR) is 80.7 cm³/mol. The third-order valence-corrected chi connectivity index (χ3v) is 3.72. The predicted octanol–water partition coefficient (Wildman–Crippen LogP) is 4.63. The highest BCUT2D eigenvalue weighted by Crippen LogP contribution is 2.28. The number of aromatic nitrogens is 2. The summed E-state index contributed by atoms with van der Waals surface area (Å²) >= 11 is 6.26. The van der Waals surface area contributed by atoms with Crippen molar-refractivity contribution in [2.45, 2.75) is 45.5 Å². The minimum absolute atomic E-state index is 0.132. The Morgan fingerprint density at radius 1 is 1.14 bits per heavy atom. The van der Waals surface area contributed by atoms with E-state index in [1.165, 1.54) is 12.1 Å². The van der Waals surface area contributed by atoms with Crippen molar-refractivity contribution in [2.24, 2.45) is 0 Å². The average Bonchev–Trinajstić information content (AvgIpc) is 2.75. The summed E-state index contributed by atoms with van der Waals surface area (Å²) in [6, 6.07) is 3.54. The second-order valence-electron chi connectivity index (χ2n) is 5.07. The van der Waals surface area contributed by atoms with Crippen LogP contribution in [0.15, 0.2) is 18.2 Å². The molecule has 1 aromatic carbocycles. The second kappa shape index (κ2) is 6.56. The van der Waals surface area contributed by atoms with Crippen LogP contribution in [0.3, 0.4) is 0 Å². The highest BCUT2D eigenvalue weighted by atomic mass is 35.5. The molecule has 2 aromatic rings. The van der Waals surface area contributed by atoms with Gasteiger partial charge in [-0.3, -0.25) is 4.68 Å². The van der Waals surface area contributed by atoms with E-state index in [1.54, 1.807) is 4.68 Å². The van der Waals surface area contributed by atoms with Crippen molar-refractivity contribution in [1.82, 2.24) is 9.78 Å². The van der Waals surface area contributed by atoms with Gasteiger partial charge in [-0.25, -0.2) is 8.78 Å². The van der Waals surface area contributed by atoms with Crippen molar-refractivity contribution < 1.29 is 8.78 Å². The van der Waals surface area contributed by atoms with E-state index in [2.05, 4.69) is 5.10 Å². The molecule has 0 amide bonds. The first-order valence-corrected chi connectivity index (χ1v) is 7.57. The maximum atomic E-state index is 13.3. The van der Waals surface area contributed by atoms with Crippen molar-refractivity contribution >= 4 is 11.6 Å². The van der Waals surface area contributed by atoms with E-state index in [0.717, 1.165) is 35.9 Å². The lowest BCUT2D eigenvalue weighted by Crippen LogP contribution is -2.07. The van der Waals surface area contributed by atoms with Crippen LogP contribution in [0.2, 0.25) is 0 Å². The quantitative estimate of drug-likeness (QED) is 0.736. The largest absolute Gasteiger partial charge is 0.265 e. The summed E-state index contributed by atoms with van der Waals surface area (Å²) in [5, 5.41) is 4.43. The molecule has 0 fully saturated rings. The Balaban J connectivity index is 2.44. The molecule has 1 aromatic heterocycles. The number of nitrogens with zero attached hydrogens (tertiary/aromatic N) is 2. The van der Waals surface area contributed by atoms with Crippen LogP contribution in [-0.2, 0) is 19.4 Å². The Kier molecular flexibility index (Phi) is 4.99. The Morgan fingerprint density at radius 2 is 1.76 bits per heavy atom. The molecule has 0 bridgehead atoms. The van der Waals surface area contributed by atoms with E-state index in [-0.39, 0.29) is 5.38 Å². The normalized spacial score (nSPS) is 12.7. The summed E-state index contributed by atoms with van der Waals surface area (Å²) < 4.78 is 28.4. The van der Waals surface area contributed by atoms with Gasteiger partial charge in [-0.1, -0.05) is 13.8 Å². The highest BCUT2D eigenvalue weighted by molar-refractivity contribution is 6.20. The van der Waals surface area contributed by atoms with Gasteiger partial charge < -0.3 is 0 Å². The maximum absolute atomic E-state index is 13.3. The molecule has 114 valence electrons.